The van der Waals surface area contributed by atoms with E-state index in [0.29, 0.717) is 32.7 Å². The summed E-state index contributed by atoms with van der Waals surface area (Å²) in [5.74, 6) is 0.0226. The van der Waals surface area contributed by atoms with Crippen molar-refractivity contribution in [3.05, 3.63) is 0 Å². The van der Waals surface area contributed by atoms with Gasteiger partial charge in [0.1, 0.15) is 6.04 Å². The second kappa shape index (κ2) is 8.17. The third kappa shape index (κ3) is 5.42. The predicted octanol–water partition coefficient (Wildman–Crippen LogP) is 0.304. The molecule has 0 aromatic heterocycles. The Hall–Kier alpha value is -1.63. The van der Waals surface area contributed by atoms with Crippen LogP contribution in [0.4, 0.5) is 0 Å². The third-order valence-corrected chi connectivity index (χ3v) is 4.90. The Morgan fingerprint density at radius 3 is 2.00 bits per heavy atom. The molecule has 0 aliphatic carbocycles. The van der Waals surface area contributed by atoms with Gasteiger partial charge in [-0.3, -0.25) is 19.3 Å². The Bertz CT molecular complexity index is 501. The van der Waals surface area contributed by atoms with Gasteiger partial charge < -0.3 is 15.1 Å². The summed E-state index contributed by atoms with van der Waals surface area (Å²) in [6, 6.07) is -0.524. The van der Waals surface area contributed by atoms with Gasteiger partial charge in [0.15, 0.2) is 0 Å². The Morgan fingerprint density at radius 2 is 1.48 bits per heavy atom. The van der Waals surface area contributed by atoms with Crippen LogP contribution in [-0.4, -0.2) is 84.3 Å². The number of amides is 3. The smallest absolute Gasteiger partial charge is 0.244 e. The van der Waals surface area contributed by atoms with Crippen molar-refractivity contribution in [2.45, 2.75) is 46.6 Å². The van der Waals surface area contributed by atoms with E-state index in [1.165, 1.54) is 0 Å². The molecule has 25 heavy (non-hydrogen) atoms. The van der Waals surface area contributed by atoms with Crippen molar-refractivity contribution in [2.75, 3.05) is 45.8 Å². The first-order valence-corrected chi connectivity index (χ1v) is 9.28. The zero-order valence-electron chi connectivity index (χ0n) is 16.0. The lowest BCUT2D eigenvalue weighted by Gasteiger charge is -2.36. The topological polar surface area (TPSA) is 73.0 Å². The normalized spacial score (nSPS) is 20.5. The SMILES string of the molecule is CC(NC(=O)C(C)(C)C)C(=O)N1CCN(CC(=O)N2CCCC2)CC1. The molecule has 0 aromatic rings. The number of nitrogens with zero attached hydrogens (tertiary/aromatic N) is 3. The minimum Gasteiger partial charge on any atom is -0.344 e. The van der Waals surface area contributed by atoms with Gasteiger partial charge in [-0.25, -0.2) is 0 Å². The summed E-state index contributed by atoms with van der Waals surface area (Å²) in [6.07, 6.45) is 2.21. The van der Waals surface area contributed by atoms with Crippen LogP contribution < -0.4 is 5.32 Å². The van der Waals surface area contributed by atoms with Crippen molar-refractivity contribution >= 4 is 17.7 Å². The molecule has 2 aliphatic heterocycles. The average Bonchev–Trinajstić information content (AvgIpc) is 3.08. The fourth-order valence-electron chi connectivity index (χ4n) is 3.13. The van der Waals surface area contributed by atoms with E-state index >= 15 is 0 Å². The van der Waals surface area contributed by atoms with Crippen LogP contribution in [0, 0.1) is 5.41 Å². The molecule has 142 valence electrons. The molecule has 2 heterocycles. The van der Waals surface area contributed by atoms with Crippen LogP contribution in [-0.2, 0) is 14.4 Å². The number of rotatable bonds is 4. The number of hydrogen-bond acceptors (Lipinski definition) is 4. The molecule has 2 aliphatic rings. The number of carbonyl (C=O) groups excluding carboxylic acids is 3. The Labute approximate surface area is 150 Å². The van der Waals surface area contributed by atoms with E-state index in [1.807, 2.05) is 25.7 Å². The highest BCUT2D eigenvalue weighted by molar-refractivity contribution is 5.89. The summed E-state index contributed by atoms with van der Waals surface area (Å²) in [4.78, 5) is 42.6. The number of piperazine rings is 1. The molecule has 7 heteroatoms. The van der Waals surface area contributed by atoms with Crippen LogP contribution in [0.3, 0.4) is 0 Å². The molecule has 0 saturated carbocycles. The van der Waals surface area contributed by atoms with Crippen LogP contribution in [0.25, 0.3) is 0 Å². The highest BCUT2D eigenvalue weighted by Gasteiger charge is 2.30. The fraction of sp³-hybridized carbons (Fsp3) is 0.833. The zero-order valence-corrected chi connectivity index (χ0v) is 16.0. The molecule has 1 N–H and O–H groups in total. The molecule has 0 spiro atoms. The summed E-state index contributed by atoms with van der Waals surface area (Å²) < 4.78 is 0. The fourth-order valence-corrected chi connectivity index (χ4v) is 3.13. The van der Waals surface area contributed by atoms with Crippen molar-refractivity contribution in [3.8, 4) is 0 Å². The van der Waals surface area contributed by atoms with Gasteiger partial charge in [0.2, 0.25) is 17.7 Å². The molecule has 0 bridgehead atoms. The highest BCUT2D eigenvalue weighted by Crippen LogP contribution is 2.14. The minimum absolute atomic E-state index is 0.0527. The maximum Gasteiger partial charge on any atom is 0.244 e. The molecule has 0 radical (unpaired) electrons. The molecule has 2 fully saturated rings. The van der Waals surface area contributed by atoms with E-state index in [-0.39, 0.29) is 17.7 Å². The number of nitrogens with one attached hydrogen (secondary N) is 1. The maximum atomic E-state index is 12.5. The first-order valence-electron chi connectivity index (χ1n) is 9.28. The largest absolute Gasteiger partial charge is 0.344 e. The third-order valence-electron chi connectivity index (χ3n) is 4.90. The van der Waals surface area contributed by atoms with Crippen LogP contribution in [0.15, 0.2) is 0 Å². The molecular formula is C18H32N4O3. The zero-order chi connectivity index (χ0) is 18.6. The Morgan fingerprint density at radius 1 is 0.920 bits per heavy atom. The lowest BCUT2D eigenvalue weighted by atomic mass is 9.95. The maximum absolute atomic E-state index is 12.5. The Balaban J connectivity index is 1.76. The number of likely N-dealkylation sites (tertiary alicyclic amines) is 1. The van der Waals surface area contributed by atoms with Crippen LogP contribution in [0.5, 0.6) is 0 Å². The monoisotopic (exact) mass is 352 g/mol. The van der Waals surface area contributed by atoms with Gasteiger partial charge >= 0.3 is 0 Å². The van der Waals surface area contributed by atoms with E-state index in [0.717, 1.165) is 25.9 Å². The Kier molecular flexibility index (Phi) is 6.43. The number of hydrogen-bond donors (Lipinski definition) is 1. The van der Waals surface area contributed by atoms with Gasteiger partial charge in [-0.2, -0.15) is 0 Å². The summed E-state index contributed by atoms with van der Waals surface area (Å²) in [7, 11) is 0. The van der Waals surface area contributed by atoms with E-state index in [4.69, 9.17) is 0 Å². The quantitative estimate of drug-likeness (QED) is 0.790. The summed E-state index contributed by atoms with van der Waals surface area (Å²) in [5.41, 5.74) is -0.511. The van der Waals surface area contributed by atoms with Crippen molar-refractivity contribution < 1.29 is 14.4 Å². The molecular weight excluding hydrogens is 320 g/mol. The summed E-state index contributed by atoms with van der Waals surface area (Å²) in [5, 5.41) is 2.79. The van der Waals surface area contributed by atoms with Crippen molar-refractivity contribution in [2.24, 2.45) is 5.41 Å². The van der Waals surface area contributed by atoms with Gasteiger partial charge in [0.05, 0.1) is 6.54 Å². The molecule has 2 rings (SSSR count). The van der Waals surface area contributed by atoms with Crippen molar-refractivity contribution in [1.29, 1.82) is 0 Å². The van der Waals surface area contributed by atoms with Gasteiger partial charge in [0, 0.05) is 44.7 Å². The van der Waals surface area contributed by atoms with Crippen molar-refractivity contribution in [1.82, 2.24) is 20.0 Å². The van der Waals surface area contributed by atoms with Gasteiger partial charge in [-0.05, 0) is 19.8 Å². The van der Waals surface area contributed by atoms with Crippen molar-refractivity contribution in [3.63, 3.8) is 0 Å². The van der Waals surface area contributed by atoms with E-state index in [9.17, 15) is 14.4 Å². The summed E-state index contributed by atoms with van der Waals surface area (Å²) >= 11 is 0. The minimum atomic E-state index is -0.524. The lowest BCUT2D eigenvalue weighted by Crippen LogP contribution is -2.56. The average molecular weight is 352 g/mol. The highest BCUT2D eigenvalue weighted by atomic mass is 16.2. The van der Waals surface area contributed by atoms with Crippen LogP contribution >= 0.6 is 0 Å². The standard InChI is InChI=1S/C18H32N4O3/c1-14(19-17(25)18(2,3)4)16(24)22-11-9-20(10-12-22)13-15(23)21-7-5-6-8-21/h14H,5-13H2,1-4H3,(H,19,25). The second-order valence-electron chi connectivity index (χ2n) is 8.13. The molecule has 2 saturated heterocycles. The summed E-state index contributed by atoms with van der Waals surface area (Å²) in [6.45, 7) is 12.0. The molecule has 0 aromatic carbocycles. The second-order valence-corrected chi connectivity index (χ2v) is 8.13. The van der Waals surface area contributed by atoms with E-state index in [2.05, 4.69) is 10.2 Å². The lowest BCUT2D eigenvalue weighted by molar-refractivity contribution is -0.140. The van der Waals surface area contributed by atoms with Gasteiger partial charge in [-0.1, -0.05) is 20.8 Å². The first kappa shape index (κ1) is 19.7. The molecule has 7 nitrogen and oxygen atoms in total. The van der Waals surface area contributed by atoms with Crippen LogP contribution in [0.1, 0.15) is 40.5 Å². The first-order chi connectivity index (χ1) is 11.7. The van der Waals surface area contributed by atoms with Crippen LogP contribution in [0.2, 0.25) is 0 Å². The van der Waals surface area contributed by atoms with E-state index in [1.54, 1.807) is 11.8 Å². The van der Waals surface area contributed by atoms with Gasteiger partial charge in [0.25, 0.3) is 0 Å². The molecule has 3 amide bonds. The number of carbonyl (C=O) groups is 3. The van der Waals surface area contributed by atoms with Gasteiger partial charge in [-0.15, -0.1) is 0 Å². The van der Waals surface area contributed by atoms with E-state index < -0.39 is 11.5 Å². The predicted molar refractivity (Wildman–Crippen MR) is 95.9 cm³/mol. The molecule has 1 atom stereocenters. The molecule has 1 unspecified atom stereocenters.